The number of carbonyl (C=O) groups excluding carboxylic acids is 1. The van der Waals surface area contributed by atoms with Crippen LogP contribution in [0.5, 0.6) is 0 Å². The van der Waals surface area contributed by atoms with Gasteiger partial charge in [-0.1, -0.05) is 0 Å². The Kier molecular flexibility index (Phi) is 3.86. The first kappa shape index (κ1) is 12.9. The minimum absolute atomic E-state index is 0.0819. The summed E-state index contributed by atoms with van der Waals surface area (Å²) >= 11 is 0. The van der Waals surface area contributed by atoms with Crippen molar-refractivity contribution in [3.05, 3.63) is 12.4 Å². The molecule has 0 spiro atoms. The molecule has 18 heavy (non-hydrogen) atoms. The zero-order chi connectivity index (χ0) is 13.1. The monoisotopic (exact) mass is 251 g/mol. The van der Waals surface area contributed by atoms with E-state index in [0.717, 1.165) is 25.9 Å². The van der Waals surface area contributed by atoms with E-state index >= 15 is 0 Å². The van der Waals surface area contributed by atoms with Crippen LogP contribution in [0.2, 0.25) is 0 Å². The van der Waals surface area contributed by atoms with Crippen molar-refractivity contribution in [3.63, 3.8) is 0 Å². The van der Waals surface area contributed by atoms with Gasteiger partial charge in [0.2, 0.25) is 5.91 Å². The maximum absolute atomic E-state index is 12.1. The molecular weight excluding hydrogens is 230 g/mol. The van der Waals surface area contributed by atoms with E-state index in [4.69, 9.17) is 5.73 Å². The quantitative estimate of drug-likeness (QED) is 0.822. The van der Waals surface area contributed by atoms with Crippen molar-refractivity contribution < 1.29 is 4.79 Å². The first-order valence-corrected chi connectivity index (χ1v) is 6.28. The predicted molar refractivity (Wildman–Crippen MR) is 69.9 cm³/mol. The van der Waals surface area contributed by atoms with E-state index < -0.39 is 0 Å². The number of anilines is 1. The van der Waals surface area contributed by atoms with Crippen molar-refractivity contribution in [3.8, 4) is 0 Å². The Morgan fingerprint density at radius 1 is 1.67 bits per heavy atom. The van der Waals surface area contributed by atoms with Gasteiger partial charge in [-0.3, -0.25) is 9.48 Å². The molecule has 0 bridgehead atoms. The minimum atomic E-state index is 0.0819. The van der Waals surface area contributed by atoms with Crippen molar-refractivity contribution in [2.24, 2.45) is 0 Å². The van der Waals surface area contributed by atoms with Gasteiger partial charge in [-0.2, -0.15) is 5.10 Å². The Morgan fingerprint density at radius 2 is 2.44 bits per heavy atom. The van der Waals surface area contributed by atoms with Crippen molar-refractivity contribution in [1.82, 2.24) is 19.6 Å². The normalized spacial score (nSPS) is 20.9. The third kappa shape index (κ3) is 3.01. The highest BCUT2D eigenvalue weighted by Gasteiger charge is 2.24. The Bertz CT molecular complexity index is 416. The molecular formula is C12H21N5O. The summed E-state index contributed by atoms with van der Waals surface area (Å²) in [6.45, 7) is 2.33. The zero-order valence-corrected chi connectivity index (χ0v) is 11.0. The number of nitrogens with two attached hydrogens (primary N) is 1. The maximum Gasteiger partial charge on any atom is 0.244 e. The van der Waals surface area contributed by atoms with E-state index in [9.17, 15) is 4.79 Å². The average molecular weight is 251 g/mol. The van der Waals surface area contributed by atoms with Crippen LogP contribution in [0.3, 0.4) is 0 Å². The smallest absolute Gasteiger partial charge is 0.244 e. The minimum Gasteiger partial charge on any atom is -0.396 e. The van der Waals surface area contributed by atoms with Crippen LogP contribution in [0.1, 0.15) is 12.8 Å². The Balaban J connectivity index is 1.91. The number of rotatable bonds is 3. The molecule has 2 N–H and O–H groups in total. The van der Waals surface area contributed by atoms with Gasteiger partial charge in [0.1, 0.15) is 6.54 Å². The van der Waals surface area contributed by atoms with Gasteiger partial charge >= 0.3 is 0 Å². The third-order valence-electron chi connectivity index (χ3n) is 3.49. The fraction of sp³-hybridized carbons (Fsp3) is 0.667. The van der Waals surface area contributed by atoms with E-state index in [-0.39, 0.29) is 12.5 Å². The molecule has 6 nitrogen and oxygen atoms in total. The number of piperidine rings is 1. The average Bonchev–Trinajstić information content (AvgIpc) is 2.73. The van der Waals surface area contributed by atoms with Crippen LogP contribution in [-0.4, -0.2) is 58.7 Å². The number of hydrogen-bond acceptors (Lipinski definition) is 4. The molecule has 1 unspecified atom stereocenters. The summed E-state index contributed by atoms with van der Waals surface area (Å²) in [5, 5.41) is 4.03. The first-order chi connectivity index (χ1) is 8.56. The van der Waals surface area contributed by atoms with Crippen LogP contribution in [0.15, 0.2) is 12.4 Å². The van der Waals surface area contributed by atoms with Gasteiger partial charge in [0.25, 0.3) is 0 Å². The molecule has 0 aromatic carbocycles. The lowest BCUT2D eigenvalue weighted by Gasteiger charge is -2.35. The maximum atomic E-state index is 12.1. The lowest BCUT2D eigenvalue weighted by Crippen LogP contribution is -2.48. The lowest BCUT2D eigenvalue weighted by atomic mass is 10.1. The second kappa shape index (κ2) is 5.39. The van der Waals surface area contributed by atoms with E-state index in [1.54, 1.807) is 17.1 Å². The number of hydrogen-bond donors (Lipinski definition) is 1. The van der Waals surface area contributed by atoms with Gasteiger partial charge < -0.3 is 15.5 Å². The number of carbonyl (C=O) groups is 1. The van der Waals surface area contributed by atoms with Crippen LogP contribution < -0.4 is 5.73 Å². The second-order valence-electron chi connectivity index (χ2n) is 5.03. The number of nitrogens with zero attached hydrogens (tertiary/aromatic N) is 4. The molecule has 2 rings (SSSR count). The molecule has 6 heteroatoms. The summed E-state index contributed by atoms with van der Waals surface area (Å²) in [5.41, 5.74) is 6.16. The molecule has 1 aliphatic rings. The van der Waals surface area contributed by atoms with Crippen LogP contribution in [-0.2, 0) is 11.3 Å². The molecule has 100 valence electrons. The molecule has 1 amide bonds. The summed E-state index contributed by atoms with van der Waals surface area (Å²) in [6, 6.07) is 0.309. The second-order valence-corrected chi connectivity index (χ2v) is 5.03. The van der Waals surface area contributed by atoms with Gasteiger partial charge in [-0.15, -0.1) is 0 Å². The van der Waals surface area contributed by atoms with Crippen molar-refractivity contribution >= 4 is 11.6 Å². The molecule has 1 fully saturated rings. The van der Waals surface area contributed by atoms with E-state index in [1.165, 1.54) is 0 Å². The highest BCUT2D eigenvalue weighted by Crippen LogP contribution is 2.13. The van der Waals surface area contributed by atoms with E-state index in [0.29, 0.717) is 11.7 Å². The fourth-order valence-electron chi connectivity index (χ4n) is 2.38. The number of aromatic nitrogens is 2. The molecule has 1 atom stereocenters. The largest absolute Gasteiger partial charge is 0.396 e. The number of amides is 1. The van der Waals surface area contributed by atoms with Crippen LogP contribution in [0.25, 0.3) is 0 Å². The molecule has 0 radical (unpaired) electrons. The van der Waals surface area contributed by atoms with Gasteiger partial charge in [0.05, 0.1) is 11.9 Å². The van der Waals surface area contributed by atoms with Gasteiger partial charge in [-0.05, 0) is 26.4 Å². The SMILES string of the molecule is CN1CCCC(N(C)C(=O)Cn2cc(N)cn2)C1. The van der Waals surface area contributed by atoms with Crippen LogP contribution >= 0.6 is 0 Å². The van der Waals surface area contributed by atoms with E-state index in [1.807, 2.05) is 11.9 Å². The van der Waals surface area contributed by atoms with Gasteiger partial charge in [-0.25, -0.2) is 0 Å². The van der Waals surface area contributed by atoms with Crippen molar-refractivity contribution in [2.75, 3.05) is 32.9 Å². The highest BCUT2D eigenvalue weighted by molar-refractivity contribution is 5.76. The van der Waals surface area contributed by atoms with Crippen molar-refractivity contribution in [1.29, 1.82) is 0 Å². The predicted octanol–water partition coefficient (Wildman–Crippen LogP) is 0.0179. The fourth-order valence-corrected chi connectivity index (χ4v) is 2.38. The van der Waals surface area contributed by atoms with Gasteiger partial charge in [0, 0.05) is 25.8 Å². The number of likely N-dealkylation sites (tertiary alicyclic amines) is 1. The van der Waals surface area contributed by atoms with E-state index in [2.05, 4.69) is 17.0 Å². The molecule has 1 aliphatic heterocycles. The Labute approximate surface area is 107 Å². The summed E-state index contributed by atoms with van der Waals surface area (Å²) in [6.07, 6.45) is 5.46. The molecule has 1 aromatic rings. The Hall–Kier alpha value is -1.56. The topological polar surface area (TPSA) is 67.4 Å². The highest BCUT2D eigenvalue weighted by atomic mass is 16.2. The lowest BCUT2D eigenvalue weighted by molar-refractivity contribution is -0.133. The molecule has 1 saturated heterocycles. The standard InChI is InChI=1S/C12H21N5O/c1-15-5-3-4-11(8-15)16(2)12(18)9-17-7-10(13)6-14-17/h6-7,11H,3-5,8-9,13H2,1-2H3. The molecule has 2 heterocycles. The summed E-state index contributed by atoms with van der Waals surface area (Å²) < 4.78 is 1.58. The number of nitrogen functional groups attached to an aromatic ring is 1. The van der Waals surface area contributed by atoms with Crippen molar-refractivity contribution in [2.45, 2.75) is 25.4 Å². The third-order valence-corrected chi connectivity index (χ3v) is 3.49. The summed E-state index contributed by atoms with van der Waals surface area (Å²) in [5.74, 6) is 0.0819. The molecule has 0 saturated carbocycles. The molecule has 1 aromatic heterocycles. The van der Waals surface area contributed by atoms with Crippen LogP contribution in [0.4, 0.5) is 5.69 Å². The number of likely N-dealkylation sites (N-methyl/N-ethyl adjacent to an activating group) is 2. The van der Waals surface area contributed by atoms with Crippen LogP contribution in [0, 0.1) is 0 Å². The Morgan fingerprint density at radius 3 is 3.06 bits per heavy atom. The van der Waals surface area contributed by atoms with Gasteiger partial charge in [0.15, 0.2) is 0 Å². The zero-order valence-electron chi connectivity index (χ0n) is 11.0. The summed E-state index contributed by atoms with van der Waals surface area (Å²) in [7, 11) is 3.97. The summed E-state index contributed by atoms with van der Waals surface area (Å²) in [4.78, 5) is 16.2. The first-order valence-electron chi connectivity index (χ1n) is 6.28. The molecule has 0 aliphatic carbocycles.